The molecule has 0 bridgehead atoms. The SMILES string of the molecule is ClC1CCCN(c2ccc3nccnc3n2)C1. The van der Waals surface area contributed by atoms with E-state index in [9.17, 15) is 0 Å². The van der Waals surface area contributed by atoms with Crippen molar-refractivity contribution in [2.45, 2.75) is 18.2 Å². The van der Waals surface area contributed by atoms with Gasteiger partial charge in [-0.2, -0.15) is 0 Å². The van der Waals surface area contributed by atoms with Crippen LogP contribution in [-0.2, 0) is 0 Å². The molecule has 0 spiro atoms. The van der Waals surface area contributed by atoms with Gasteiger partial charge in [-0.1, -0.05) is 0 Å². The predicted molar refractivity (Wildman–Crippen MR) is 68.4 cm³/mol. The molecule has 0 aromatic carbocycles. The van der Waals surface area contributed by atoms with E-state index in [0.29, 0.717) is 5.65 Å². The Bertz CT molecular complexity index is 531. The molecule has 0 amide bonds. The van der Waals surface area contributed by atoms with Gasteiger partial charge < -0.3 is 4.90 Å². The number of fused-ring (bicyclic) bond motifs is 1. The highest BCUT2D eigenvalue weighted by Gasteiger charge is 2.19. The summed E-state index contributed by atoms with van der Waals surface area (Å²) in [5, 5.41) is 0.225. The van der Waals surface area contributed by atoms with Crippen LogP contribution in [0.3, 0.4) is 0 Å². The first-order chi connectivity index (χ1) is 8.33. The summed E-state index contributed by atoms with van der Waals surface area (Å²) < 4.78 is 0. The predicted octanol–water partition coefficient (Wildman–Crippen LogP) is 2.23. The molecule has 17 heavy (non-hydrogen) atoms. The van der Waals surface area contributed by atoms with E-state index in [2.05, 4.69) is 19.9 Å². The van der Waals surface area contributed by atoms with Crippen LogP contribution in [0.25, 0.3) is 11.2 Å². The largest absolute Gasteiger partial charge is 0.355 e. The molecule has 1 unspecified atom stereocenters. The Morgan fingerprint density at radius 2 is 2.12 bits per heavy atom. The van der Waals surface area contributed by atoms with Crippen molar-refractivity contribution in [3.63, 3.8) is 0 Å². The number of hydrogen-bond donors (Lipinski definition) is 0. The van der Waals surface area contributed by atoms with Crippen LogP contribution in [0, 0.1) is 0 Å². The van der Waals surface area contributed by atoms with Crippen LogP contribution < -0.4 is 4.90 Å². The fourth-order valence-electron chi connectivity index (χ4n) is 2.15. The fraction of sp³-hybridized carbons (Fsp3) is 0.417. The monoisotopic (exact) mass is 248 g/mol. The van der Waals surface area contributed by atoms with Crippen molar-refractivity contribution in [2.24, 2.45) is 0 Å². The zero-order valence-electron chi connectivity index (χ0n) is 9.38. The highest BCUT2D eigenvalue weighted by molar-refractivity contribution is 6.21. The molecule has 0 aliphatic carbocycles. The standard InChI is InChI=1S/C12H13ClN4/c13-9-2-1-7-17(8-9)11-4-3-10-12(16-11)15-6-5-14-10/h3-6,9H,1-2,7-8H2. The van der Waals surface area contributed by atoms with Crippen LogP contribution in [-0.4, -0.2) is 33.4 Å². The molecule has 1 fully saturated rings. The molecule has 2 aromatic rings. The van der Waals surface area contributed by atoms with Gasteiger partial charge in [0.25, 0.3) is 0 Å². The van der Waals surface area contributed by atoms with E-state index in [1.807, 2.05) is 12.1 Å². The zero-order valence-corrected chi connectivity index (χ0v) is 10.1. The third-order valence-corrected chi connectivity index (χ3v) is 3.36. The second kappa shape index (κ2) is 4.45. The average Bonchev–Trinajstić information content (AvgIpc) is 2.38. The Labute approximate surface area is 105 Å². The maximum Gasteiger partial charge on any atom is 0.180 e. The van der Waals surface area contributed by atoms with Crippen LogP contribution in [0.2, 0.25) is 0 Å². The van der Waals surface area contributed by atoms with Crippen molar-refractivity contribution in [1.29, 1.82) is 0 Å². The molecule has 1 aliphatic rings. The Morgan fingerprint density at radius 1 is 1.24 bits per heavy atom. The molecule has 5 heteroatoms. The highest BCUT2D eigenvalue weighted by atomic mass is 35.5. The maximum absolute atomic E-state index is 6.18. The molecule has 88 valence electrons. The number of aromatic nitrogens is 3. The Balaban J connectivity index is 1.94. The van der Waals surface area contributed by atoms with Gasteiger partial charge in [0.05, 0.1) is 5.38 Å². The minimum atomic E-state index is 0.225. The number of piperidine rings is 1. The molecule has 0 saturated carbocycles. The quantitative estimate of drug-likeness (QED) is 0.726. The third-order valence-electron chi connectivity index (χ3n) is 3.00. The molecular weight excluding hydrogens is 236 g/mol. The molecule has 1 atom stereocenters. The summed E-state index contributed by atoms with van der Waals surface area (Å²) in [7, 11) is 0. The van der Waals surface area contributed by atoms with E-state index in [-0.39, 0.29) is 5.38 Å². The lowest BCUT2D eigenvalue weighted by molar-refractivity contribution is 0.580. The van der Waals surface area contributed by atoms with E-state index >= 15 is 0 Å². The van der Waals surface area contributed by atoms with Crippen molar-refractivity contribution in [2.75, 3.05) is 18.0 Å². The van der Waals surface area contributed by atoms with Gasteiger partial charge in [-0.15, -0.1) is 11.6 Å². The van der Waals surface area contributed by atoms with Crippen molar-refractivity contribution in [3.05, 3.63) is 24.5 Å². The van der Waals surface area contributed by atoms with Gasteiger partial charge in [-0.05, 0) is 25.0 Å². The van der Waals surface area contributed by atoms with Gasteiger partial charge in [0.15, 0.2) is 5.65 Å². The van der Waals surface area contributed by atoms with E-state index in [1.54, 1.807) is 12.4 Å². The molecule has 0 N–H and O–H groups in total. The molecule has 3 heterocycles. The topological polar surface area (TPSA) is 41.9 Å². The van der Waals surface area contributed by atoms with Gasteiger partial charge >= 0.3 is 0 Å². The molecule has 0 radical (unpaired) electrons. The van der Waals surface area contributed by atoms with Crippen LogP contribution in [0.4, 0.5) is 5.82 Å². The van der Waals surface area contributed by atoms with Gasteiger partial charge in [0.1, 0.15) is 11.3 Å². The lowest BCUT2D eigenvalue weighted by Gasteiger charge is -2.30. The highest BCUT2D eigenvalue weighted by Crippen LogP contribution is 2.21. The second-order valence-electron chi connectivity index (χ2n) is 4.25. The van der Waals surface area contributed by atoms with Crippen LogP contribution in [0.1, 0.15) is 12.8 Å². The summed E-state index contributed by atoms with van der Waals surface area (Å²) in [5.74, 6) is 0.948. The molecule has 3 rings (SSSR count). The van der Waals surface area contributed by atoms with Gasteiger partial charge in [0.2, 0.25) is 0 Å². The average molecular weight is 249 g/mol. The van der Waals surface area contributed by atoms with Crippen molar-refractivity contribution >= 4 is 28.6 Å². The number of anilines is 1. The molecule has 2 aromatic heterocycles. The molecule has 1 aliphatic heterocycles. The smallest absolute Gasteiger partial charge is 0.180 e. The summed E-state index contributed by atoms with van der Waals surface area (Å²) >= 11 is 6.18. The summed E-state index contributed by atoms with van der Waals surface area (Å²) in [6, 6.07) is 3.95. The first kappa shape index (κ1) is 10.7. The second-order valence-corrected chi connectivity index (χ2v) is 4.87. The lowest BCUT2D eigenvalue weighted by atomic mass is 10.1. The van der Waals surface area contributed by atoms with Crippen molar-refractivity contribution in [1.82, 2.24) is 15.0 Å². The molecule has 4 nitrogen and oxygen atoms in total. The summed E-state index contributed by atoms with van der Waals surface area (Å²) in [4.78, 5) is 15.2. The van der Waals surface area contributed by atoms with Crippen LogP contribution in [0.5, 0.6) is 0 Å². The van der Waals surface area contributed by atoms with Gasteiger partial charge in [-0.25, -0.2) is 9.97 Å². The fourth-order valence-corrected chi connectivity index (χ4v) is 2.47. The number of pyridine rings is 1. The first-order valence-corrected chi connectivity index (χ1v) is 6.23. The maximum atomic E-state index is 6.18. The Hall–Kier alpha value is -1.42. The van der Waals surface area contributed by atoms with Crippen molar-refractivity contribution < 1.29 is 0 Å². The van der Waals surface area contributed by atoms with Crippen molar-refractivity contribution in [3.8, 4) is 0 Å². The Morgan fingerprint density at radius 3 is 3.00 bits per heavy atom. The minimum Gasteiger partial charge on any atom is -0.355 e. The summed E-state index contributed by atoms with van der Waals surface area (Å²) in [5.41, 5.74) is 1.53. The van der Waals surface area contributed by atoms with Gasteiger partial charge in [0, 0.05) is 25.5 Å². The van der Waals surface area contributed by atoms with E-state index in [4.69, 9.17) is 11.6 Å². The number of nitrogens with zero attached hydrogens (tertiary/aromatic N) is 4. The number of alkyl halides is 1. The lowest BCUT2D eigenvalue weighted by Crippen LogP contribution is -2.36. The van der Waals surface area contributed by atoms with E-state index in [0.717, 1.165) is 37.3 Å². The van der Waals surface area contributed by atoms with E-state index < -0.39 is 0 Å². The zero-order chi connectivity index (χ0) is 11.7. The van der Waals surface area contributed by atoms with Crippen LogP contribution >= 0.6 is 11.6 Å². The Kier molecular flexibility index (Phi) is 2.81. The number of halogens is 1. The van der Waals surface area contributed by atoms with E-state index in [1.165, 1.54) is 0 Å². The van der Waals surface area contributed by atoms with Gasteiger partial charge in [-0.3, -0.25) is 4.98 Å². The first-order valence-electron chi connectivity index (χ1n) is 5.80. The minimum absolute atomic E-state index is 0.225. The summed E-state index contributed by atoms with van der Waals surface area (Å²) in [6.07, 6.45) is 5.55. The summed E-state index contributed by atoms with van der Waals surface area (Å²) in [6.45, 7) is 1.88. The number of rotatable bonds is 1. The number of hydrogen-bond acceptors (Lipinski definition) is 4. The normalized spacial score (nSPS) is 20.8. The third kappa shape index (κ3) is 2.17. The molecular formula is C12H13ClN4. The van der Waals surface area contributed by atoms with Crippen LogP contribution in [0.15, 0.2) is 24.5 Å². The molecule has 1 saturated heterocycles.